The van der Waals surface area contributed by atoms with Crippen LogP contribution < -0.4 is 24.8 Å². The van der Waals surface area contributed by atoms with Crippen molar-refractivity contribution in [2.75, 3.05) is 12.4 Å². The van der Waals surface area contributed by atoms with Gasteiger partial charge in [0.05, 0.1) is 12.6 Å². The lowest BCUT2D eigenvalue weighted by molar-refractivity contribution is 0.190. The van der Waals surface area contributed by atoms with E-state index in [9.17, 15) is 9.18 Å². The van der Waals surface area contributed by atoms with Crippen molar-refractivity contribution < 1.29 is 23.4 Å². The van der Waals surface area contributed by atoms with Crippen LogP contribution in [0.1, 0.15) is 58.2 Å². The molecule has 0 spiro atoms. The molecule has 0 radical (unpaired) electrons. The number of rotatable bonds is 6. The molecular weight excluding hydrogens is 495 g/mol. The summed E-state index contributed by atoms with van der Waals surface area (Å²) in [4.78, 5) is 12.3. The fourth-order valence-corrected chi connectivity index (χ4v) is 4.88. The lowest BCUT2D eigenvalue weighted by Gasteiger charge is -2.33. The van der Waals surface area contributed by atoms with Crippen molar-refractivity contribution in [3.8, 4) is 28.4 Å². The maximum absolute atomic E-state index is 14.0. The van der Waals surface area contributed by atoms with Gasteiger partial charge >= 0.3 is 6.09 Å². The Morgan fingerprint density at radius 2 is 1.72 bits per heavy atom. The molecule has 1 aliphatic heterocycles. The normalized spacial score (nSPS) is 14.0. The third-order valence-corrected chi connectivity index (χ3v) is 6.41. The summed E-state index contributed by atoms with van der Waals surface area (Å²) in [7, 11) is 1.58. The number of ether oxygens (including phenoxy) is 3. The molecule has 0 fully saturated rings. The molecule has 0 aromatic heterocycles. The van der Waals surface area contributed by atoms with Crippen molar-refractivity contribution in [2.45, 2.75) is 66.2 Å². The first kappa shape index (κ1) is 28.0. The highest BCUT2D eigenvalue weighted by atomic mass is 19.1. The maximum atomic E-state index is 14.0. The van der Waals surface area contributed by atoms with Crippen LogP contribution in [0.5, 0.6) is 17.2 Å². The van der Waals surface area contributed by atoms with Gasteiger partial charge in [-0.25, -0.2) is 9.18 Å². The van der Waals surface area contributed by atoms with Gasteiger partial charge in [-0.05, 0) is 89.4 Å². The number of carbonyl (C=O) groups is 1. The Kier molecular flexibility index (Phi) is 7.64. The fourth-order valence-electron chi connectivity index (χ4n) is 4.88. The van der Waals surface area contributed by atoms with E-state index >= 15 is 0 Å². The van der Waals surface area contributed by atoms with E-state index in [1.165, 1.54) is 12.1 Å². The molecule has 206 valence electrons. The van der Waals surface area contributed by atoms with E-state index in [0.717, 1.165) is 39.1 Å². The third-order valence-electron chi connectivity index (χ3n) is 6.41. The Labute approximate surface area is 230 Å². The molecule has 0 unspecified atom stereocenters. The van der Waals surface area contributed by atoms with Crippen LogP contribution in [0.3, 0.4) is 0 Å². The second-order valence-corrected chi connectivity index (χ2v) is 11.5. The van der Waals surface area contributed by atoms with Crippen LogP contribution in [0.25, 0.3) is 16.7 Å². The lowest BCUT2D eigenvalue weighted by atomic mass is 9.85. The molecule has 1 heterocycles. The molecule has 4 rings (SSSR count). The number of anilines is 1. The SMILES string of the molecule is COc1cc(OC(=O)NC(C)(C)C)ccc1-c1ccc2c(c1COc1cc(F)ccc1C)C(C)=CC(C)(C)N2. The van der Waals surface area contributed by atoms with Crippen molar-refractivity contribution in [3.05, 3.63) is 77.1 Å². The van der Waals surface area contributed by atoms with E-state index in [0.29, 0.717) is 17.2 Å². The smallest absolute Gasteiger partial charge is 0.413 e. The third kappa shape index (κ3) is 6.53. The molecule has 0 saturated carbocycles. The summed E-state index contributed by atoms with van der Waals surface area (Å²) < 4.78 is 31.5. The van der Waals surface area contributed by atoms with Crippen LogP contribution in [0, 0.1) is 12.7 Å². The topological polar surface area (TPSA) is 68.8 Å². The van der Waals surface area contributed by atoms with Crippen LogP contribution in [0.4, 0.5) is 14.9 Å². The number of halogens is 1. The molecule has 0 bridgehead atoms. The van der Waals surface area contributed by atoms with Crippen molar-refractivity contribution in [2.24, 2.45) is 0 Å². The molecular formula is C32H37FN2O4. The number of benzene rings is 3. The summed E-state index contributed by atoms with van der Waals surface area (Å²) in [5, 5.41) is 6.38. The summed E-state index contributed by atoms with van der Waals surface area (Å²) in [5.74, 6) is 1.05. The van der Waals surface area contributed by atoms with Crippen LogP contribution in [0.15, 0.2) is 54.6 Å². The number of hydrogen-bond donors (Lipinski definition) is 2. The minimum atomic E-state index is -0.542. The van der Waals surface area contributed by atoms with Gasteiger partial charge in [-0.3, -0.25) is 0 Å². The molecule has 0 atom stereocenters. The molecule has 7 heteroatoms. The van der Waals surface area contributed by atoms with E-state index in [4.69, 9.17) is 14.2 Å². The van der Waals surface area contributed by atoms with E-state index in [-0.39, 0.29) is 18.0 Å². The Hall–Kier alpha value is -4.00. The Morgan fingerprint density at radius 3 is 2.41 bits per heavy atom. The van der Waals surface area contributed by atoms with Gasteiger partial charge < -0.3 is 24.8 Å². The van der Waals surface area contributed by atoms with Crippen LogP contribution >= 0.6 is 0 Å². The maximum Gasteiger partial charge on any atom is 0.413 e. The number of amides is 1. The van der Waals surface area contributed by atoms with Gasteiger partial charge in [0.15, 0.2) is 0 Å². The van der Waals surface area contributed by atoms with E-state index in [1.807, 2.05) is 39.8 Å². The molecule has 2 N–H and O–H groups in total. The predicted molar refractivity (Wildman–Crippen MR) is 154 cm³/mol. The zero-order valence-electron chi connectivity index (χ0n) is 23.9. The summed E-state index contributed by atoms with van der Waals surface area (Å²) in [6, 6.07) is 13.9. The molecule has 0 aliphatic carbocycles. The van der Waals surface area contributed by atoms with E-state index in [2.05, 4.69) is 43.5 Å². The first-order valence-corrected chi connectivity index (χ1v) is 13.0. The first-order chi connectivity index (χ1) is 18.3. The average molecular weight is 533 g/mol. The molecule has 6 nitrogen and oxygen atoms in total. The minimum absolute atomic E-state index is 0.208. The monoisotopic (exact) mass is 532 g/mol. The summed E-state index contributed by atoms with van der Waals surface area (Å²) >= 11 is 0. The highest BCUT2D eigenvalue weighted by Gasteiger charge is 2.27. The van der Waals surface area contributed by atoms with Crippen LogP contribution in [-0.4, -0.2) is 24.3 Å². The molecule has 0 saturated heterocycles. The van der Waals surface area contributed by atoms with Crippen LogP contribution in [0.2, 0.25) is 0 Å². The molecule has 1 amide bonds. The fraction of sp³-hybridized carbons (Fsp3) is 0.344. The number of allylic oxidation sites excluding steroid dienone is 1. The summed E-state index contributed by atoms with van der Waals surface area (Å²) in [5.41, 5.74) is 6.02. The number of hydrogen-bond acceptors (Lipinski definition) is 5. The molecule has 39 heavy (non-hydrogen) atoms. The molecule has 3 aromatic rings. The van der Waals surface area contributed by atoms with Crippen molar-refractivity contribution in [1.82, 2.24) is 5.32 Å². The Bertz CT molecular complexity index is 1440. The zero-order valence-corrected chi connectivity index (χ0v) is 23.9. The predicted octanol–water partition coefficient (Wildman–Crippen LogP) is 7.88. The second-order valence-electron chi connectivity index (χ2n) is 11.5. The van der Waals surface area contributed by atoms with Gasteiger partial charge in [0.1, 0.15) is 29.7 Å². The highest BCUT2D eigenvalue weighted by molar-refractivity contribution is 5.88. The Morgan fingerprint density at radius 1 is 1.00 bits per heavy atom. The number of carbonyl (C=O) groups excluding carboxylic acids is 1. The first-order valence-electron chi connectivity index (χ1n) is 13.0. The summed E-state index contributed by atoms with van der Waals surface area (Å²) in [6.45, 7) is 14.1. The Balaban J connectivity index is 1.78. The van der Waals surface area contributed by atoms with Gasteiger partial charge in [-0.15, -0.1) is 0 Å². The standard InChI is InChI=1S/C32H37FN2O4/c1-19-9-10-21(33)15-27(19)38-18-25-23(13-14-26-29(25)20(2)17-32(6,7)34-26)24-12-11-22(16-28(24)37-8)39-30(36)35-31(3,4)5/h9-17,34H,18H2,1-8H3,(H,35,36). The van der Waals surface area contributed by atoms with Gasteiger partial charge in [-0.1, -0.05) is 18.2 Å². The lowest BCUT2D eigenvalue weighted by Crippen LogP contribution is -2.42. The summed E-state index contributed by atoms with van der Waals surface area (Å²) in [6.07, 6.45) is 1.65. The molecule has 3 aromatic carbocycles. The molecule has 1 aliphatic rings. The number of fused-ring (bicyclic) bond motifs is 1. The van der Waals surface area contributed by atoms with Crippen LogP contribution in [-0.2, 0) is 6.61 Å². The van der Waals surface area contributed by atoms with Crippen molar-refractivity contribution in [3.63, 3.8) is 0 Å². The van der Waals surface area contributed by atoms with Gasteiger partial charge in [0.25, 0.3) is 0 Å². The van der Waals surface area contributed by atoms with E-state index in [1.54, 1.807) is 25.3 Å². The number of methoxy groups -OCH3 is 1. The van der Waals surface area contributed by atoms with Crippen molar-refractivity contribution >= 4 is 17.4 Å². The largest absolute Gasteiger partial charge is 0.496 e. The van der Waals surface area contributed by atoms with Gasteiger partial charge in [0.2, 0.25) is 0 Å². The van der Waals surface area contributed by atoms with Crippen molar-refractivity contribution in [1.29, 1.82) is 0 Å². The zero-order chi connectivity index (χ0) is 28.5. The van der Waals surface area contributed by atoms with Gasteiger partial charge in [0, 0.05) is 40.0 Å². The minimum Gasteiger partial charge on any atom is -0.496 e. The average Bonchev–Trinajstić information content (AvgIpc) is 2.82. The van der Waals surface area contributed by atoms with E-state index < -0.39 is 11.6 Å². The quantitative estimate of drug-likeness (QED) is 0.338. The second kappa shape index (κ2) is 10.6. The highest BCUT2D eigenvalue weighted by Crippen LogP contribution is 2.43. The number of nitrogens with one attached hydrogen (secondary N) is 2. The van der Waals surface area contributed by atoms with Gasteiger partial charge in [-0.2, -0.15) is 0 Å². The number of aryl methyl sites for hydroxylation is 1.